The number of fused-ring (bicyclic) bond motifs is 1. The fourth-order valence-corrected chi connectivity index (χ4v) is 6.02. The van der Waals surface area contributed by atoms with Gasteiger partial charge in [-0.05, 0) is 55.9 Å². The summed E-state index contributed by atoms with van der Waals surface area (Å²) >= 11 is 0. The number of benzene rings is 1. The van der Waals surface area contributed by atoms with Gasteiger partial charge in [-0.25, -0.2) is 4.79 Å². The van der Waals surface area contributed by atoms with E-state index in [1.54, 1.807) is 12.3 Å². The summed E-state index contributed by atoms with van der Waals surface area (Å²) < 4.78 is 19.5. The molecule has 4 aromatic heterocycles. The van der Waals surface area contributed by atoms with Crippen LogP contribution in [0.15, 0.2) is 67.6 Å². The zero-order chi connectivity index (χ0) is 32.6. The van der Waals surface area contributed by atoms with Crippen molar-refractivity contribution in [3.63, 3.8) is 0 Å². The highest BCUT2D eigenvalue weighted by Crippen LogP contribution is 2.28. The SMILES string of the molecule is Cc1ccccc1OCCCOc1nc2c(=O)n(CCCCc3noc(-c4ccccn4)n3)c(=O)n(CCC3CCCC3)c2c(=O)[nH]1. The Morgan fingerprint density at radius 2 is 1.72 bits per heavy atom. The Hall–Kier alpha value is -5.07. The molecule has 0 amide bonds. The second-order valence-electron chi connectivity index (χ2n) is 11.9. The molecule has 0 aliphatic heterocycles. The fourth-order valence-electron chi connectivity index (χ4n) is 6.02. The van der Waals surface area contributed by atoms with Crippen LogP contribution in [0.2, 0.25) is 0 Å². The van der Waals surface area contributed by atoms with Crippen molar-refractivity contribution >= 4 is 11.0 Å². The Bertz CT molecular complexity index is 1980. The van der Waals surface area contributed by atoms with Gasteiger partial charge in [0.1, 0.15) is 17.0 Å². The van der Waals surface area contributed by atoms with Crippen molar-refractivity contribution in [3.05, 3.63) is 91.2 Å². The number of aromatic amines is 1. The van der Waals surface area contributed by atoms with Crippen molar-refractivity contribution < 1.29 is 14.0 Å². The average Bonchev–Trinajstić information content (AvgIpc) is 3.78. The van der Waals surface area contributed by atoms with Crippen molar-refractivity contribution in [1.29, 1.82) is 0 Å². The van der Waals surface area contributed by atoms with E-state index in [0.29, 0.717) is 62.2 Å². The minimum atomic E-state index is -0.613. The monoisotopic (exact) mass is 641 g/mol. The third kappa shape index (κ3) is 7.67. The molecule has 0 bridgehead atoms. The number of hydrogen-bond donors (Lipinski definition) is 1. The second kappa shape index (κ2) is 15.0. The summed E-state index contributed by atoms with van der Waals surface area (Å²) in [6.45, 7) is 3.09. The summed E-state index contributed by atoms with van der Waals surface area (Å²) in [5.74, 6) is 2.14. The maximum atomic E-state index is 13.7. The number of rotatable bonds is 15. The highest BCUT2D eigenvalue weighted by Gasteiger charge is 2.21. The van der Waals surface area contributed by atoms with Crippen LogP contribution in [-0.4, -0.2) is 47.4 Å². The summed E-state index contributed by atoms with van der Waals surface area (Å²) in [7, 11) is 0. The Morgan fingerprint density at radius 1 is 0.915 bits per heavy atom. The number of H-pyrrole nitrogens is 1. The van der Waals surface area contributed by atoms with E-state index in [1.165, 1.54) is 22.0 Å². The molecule has 0 radical (unpaired) electrons. The van der Waals surface area contributed by atoms with E-state index < -0.39 is 16.8 Å². The van der Waals surface area contributed by atoms with Crippen molar-refractivity contribution in [2.45, 2.75) is 77.8 Å². The number of pyridine rings is 1. The molecule has 246 valence electrons. The number of aromatic nitrogens is 7. The quantitative estimate of drug-likeness (QED) is 0.162. The van der Waals surface area contributed by atoms with Crippen LogP contribution in [0.5, 0.6) is 11.8 Å². The van der Waals surface area contributed by atoms with Crippen LogP contribution >= 0.6 is 0 Å². The van der Waals surface area contributed by atoms with Gasteiger partial charge in [-0.1, -0.05) is 55.1 Å². The Kier molecular flexibility index (Phi) is 10.2. The van der Waals surface area contributed by atoms with Gasteiger partial charge < -0.3 is 14.0 Å². The van der Waals surface area contributed by atoms with Gasteiger partial charge in [0.2, 0.25) is 0 Å². The second-order valence-corrected chi connectivity index (χ2v) is 11.9. The Labute approximate surface area is 270 Å². The van der Waals surface area contributed by atoms with Crippen LogP contribution in [0.1, 0.15) is 62.8 Å². The Morgan fingerprint density at radius 3 is 2.53 bits per heavy atom. The average molecular weight is 642 g/mol. The van der Waals surface area contributed by atoms with Crippen molar-refractivity contribution in [3.8, 4) is 23.3 Å². The van der Waals surface area contributed by atoms with Crippen LogP contribution in [0.4, 0.5) is 0 Å². The lowest BCUT2D eigenvalue weighted by Gasteiger charge is -2.16. The largest absolute Gasteiger partial charge is 0.493 e. The molecule has 13 heteroatoms. The summed E-state index contributed by atoms with van der Waals surface area (Å²) in [6.07, 6.45) is 9.09. The first-order chi connectivity index (χ1) is 23.0. The zero-order valence-electron chi connectivity index (χ0n) is 26.5. The van der Waals surface area contributed by atoms with Crippen LogP contribution in [0.3, 0.4) is 0 Å². The molecule has 5 aromatic rings. The fraction of sp³-hybridized carbons (Fsp3) is 0.441. The molecule has 1 aliphatic rings. The number of ether oxygens (including phenoxy) is 2. The molecule has 1 N–H and O–H groups in total. The van der Waals surface area contributed by atoms with Crippen molar-refractivity contribution in [1.82, 2.24) is 34.2 Å². The third-order valence-electron chi connectivity index (χ3n) is 8.55. The van der Waals surface area contributed by atoms with Crippen LogP contribution in [0.25, 0.3) is 22.6 Å². The van der Waals surface area contributed by atoms with E-state index in [9.17, 15) is 14.4 Å². The molecule has 4 heterocycles. The van der Waals surface area contributed by atoms with Crippen LogP contribution in [0, 0.1) is 12.8 Å². The molecule has 13 nitrogen and oxygen atoms in total. The maximum Gasteiger partial charge on any atom is 0.331 e. The van der Waals surface area contributed by atoms with Crippen LogP contribution < -0.4 is 26.3 Å². The number of aryl methyl sites for hydroxylation is 3. The van der Waals surface area contributed by atoms with E-state index in [2.05, 4.69) is 25.1 Å². The highest BCUT2D eigenvalue weighted by molar-refractivity contribution is 5.72. The van der Waals surface area contributed by atoms with E-state index in [4.69, 9.17) is 14.0 Å². The van der Waals surface area contributed by atoms with E-state index >= 15 is 0 Å². The summed E-state index contributed by atoms with van der Waals surface area (Å²) in [4.78, 5) is 56.4. The van der Waals surface area contributed by atoms with Gasteiger partial charge >= 0.3 is 5.69 Å². The molecule has 0 atom stereocenters. The number of nitrogens with one attached hydrogen (secondary N) is 1. The summed E-state index contributed by atoms with van der Waals surface area (Å²) in [6, 6.07) is 13.1. The Balaban J connectivity index is 1.17. The van der Waals surface area contributed by atoms with Gasteiger partial charge in [-0.3, -0.25) is 28.7 Å². The van der Waals surface area contributed by atoms with Gasteiger partial charge in [0.15, 0.2) is 11.3 Å². The smallest absolute Gasteiger partial charge is 0.331 e. The number of hydrogen-bond acceptors (Lipinski definition) is 10. The van der Waals surface area contributed by atoms with Gasteiger partial charge in [0, 0.05) is 32.1 Å². The first kappa shape index (κ1) is 31.9. The van der Waals surface area contributed by atoms with Gasteiger partial charge in [-0.2, -0.15) is 9.97 Å². The predicted octanol–water partition coefficient (Wildman–Crippen LogP) is 4.45. The molecular weight excluding hydrogens is 602 g/mol. The minimum absolute atomic E-state index is 0.0154. The highest BCUT2D eigenvalue weighted by atomic mass is 16.5. The molecule has 0 unspecified atom stereocenters. The zero-order valence-corrected chi connectivity index (χ0v) is 26.5. The number of para-hydroxylation sites is 1. The topological polar surface area (TPSA) is 160 Å². The lowest BCUT2D eigenvalue weighted by molar-refractivity contribution is 0.235. The molecule has 6 rings (SSSR count). The molecule has 1 saturated carbocycles. The van der Waals surface area contributed by atoms with Gasteiger partial charge in [-0.15, -0.1) is 0 Å². The molecular formula is C34H39N7O6. The third-order valence-corrected chi connectivity index (χ3v) is 8.55. The van der Waals surface area contributed by atoms with Gasteiger partial charge in [0.05, 0.1) is 13.2 Å². The summed E-state index contributed by atoms with van der Waals surface area (Å²) in [5, 5.41) is 4.03. The first-order valence-electron chi connectivity index (χ1n) is 16.3. The molecule has 1 aromatic carbocycles. The molecule has 0 saturated heterocycles. The first-order valence-corrected chi connectivity index (χ1v) is 16.3. The minimum Gasteiger partial charge on any atom is -0.493 e. The normalized spacial score (nSPS) is 13.4. The van der Waals surface area contributed by atoms with Crippen LogP contribution in [-0.2, 0) is 19.5 Å². The van der Waals surface area contributed by atoms with Crippen molar-refractivity contribution in [2.75, 3.05) is 13.2 Å². The van der Waals surface area contributed by atoms with E-state index in [-0.39, 0.29) is 30.2 Å². The molecule has 1 fully saturated rings. The predicted molar refractivity (Wildman–Crippen MR) is 175 cm³/mol. The summed E-state index contributed by atoms with van der Waals surface area (Å²) in [5.41, 5.74) is -0.163. The lowest BCUT2D eigenvalue weighted by atomic mass is 10.0. The van der Waals surface area contributed by atoms with E-state index in [1.807, 2.05) is 43.3 Å². The molecule has 47 heavy (non-hydrogen) atoms. The molecule has 1 aliphatic carbocycles. The maximum absolute atomic E-state index is 13.7. The molecule has 0 spiro atoms. The number of nitrogens with zero attached hydrogens (tertiary/aromatic N) is 6. The standard InChI is InChI=1S/C34H39N7O6/c1-23-11-2-5-15-26(23)45-21-10-22-46-33-37-28-29(30(42)38-33)40(20-17-24-12-3-4-13-24)34(44)41(32(28)43)19-9-7-16-27-36-31(47-39-27)25-14-6-8-18-35-25/h2,5-6,8,11,14-15,18,24H,3-4,7,9-10,12-13,16-17,19-22H2,1H3,(H,37,38,42). The number of unbranched alkanes of at least 4 members (excludes halogenated alkanes) is 1. The lowest BCUT2D eigenvalue weighted by Crippen LogP contribution is -2.42. The van der Waals surface area contributed by atoms with Gasteiger partial charge in [0.25, 0.3) is 23.0 Å². The van der Waals surface area contributed by atoms with Crippen molar-refractivity contribution in [2.24, 2.45) is 5.92 Å². The van der Waals surface area contributed by atoms with E-state index in [0.717, 1.165) is 30.6 Å².